The normalized spacial score (nSPS) is 36.9. The Hall–Kier alpha value is -1.36. The number of amides is 1. The van der Waals surface area contributed by atoms with Gasteiger partial charge in [0.05, 0.1) is 18.1 Å². The SMILES string of the molecule is CN(C)C(=O)C1C(C(=O)O)[C@@H]2C=C[C@H]1O2. The van der Waals surface area contributed by atoms with Crippen LogP contribution in [0, 0.1) is 11.8 Å². The molecule has 0 spiro atoms. The van der Waals surface area contributed by atoms with Gasteiger partial charge in [-0.15, -0.1) is 0 Å². The summed E-state index contributed by atoms with van der Waals surface area (Å²) in [6.45, 7) is 0. The van der Waals surface area contributed by atoms with E-state index in [0.29, 0.717) is 0 Å². The highest BCUT2D eigenvalue weighted by atomic mass is 16.5. The Balaban J connectivity index is 2.27. The minimum absolute atomic E-state index is 0.181. The van der Waals surface area contributed by atoms with Crippen LogP contribution in [-0.4, -0.2) is 48.2 Å². The third-order valence-corrected chi connectivity index (χ3v) is 2.91. The van der Waals surface area contributed by atoms with Crippen molar-refractivity contribution in [2.24, 2.45) is 11.8 Å². The van der Waals surface area contributed by atoms with Crippen LogP contribution in [0.25, 0.3) is 0 Å². The van der Waals surface area contributed by atoms with Gasteiger partial charge >= 0.3 is 5.97 Å². The quantitative estimate of drug-likeness (QED) is 0.638. The predicted molar refractivity (Wildman–Crippen MR) is 51.1 cm³/mol. The second kappa shape index (κ2) is 3.34. The van der Waals surface area contributed by atoms with Gasteiger partial charge in [0, 0.05) is 14.1 Å². The van der Waals surface area contributed by atoms with Gasteiger partial charge in [0.25, 0.3) is 0 Å². The van der Waals surface area contributed by atoms with E-state index in [1.165, 1.54) is 4.90 Å². The van der Waals surface area contributed by atoms with Crippen LogP contribution >= 0.6 is 0 Å². The highest BCUT2D eigenvalue weighted by Gasteiger charge is 2.53. The molecule has 0 saturated carbocycles. The van der Waals surface area contributed by atoms with Crippen LogP contribution in [0.5, 0.6) is 0 Å². The molecule has 0 aromatic heterocycles. The fourth-order valence-electron chi connectivity index (χ4n) is 2.19. The molecule has 5 heteroatoms. The summed E-state index contributed by atoms with van der Waals surface area (Å²) in [7, 11) is 3.24. The molecule has 2 aliphatic rings. The smallest absolute Gasteiger partial charge is 0.310 e. The van der Waals surface area contributed by atoms with Crippen LogP contribution < -0.4 is 0 Å². The van der Waals surface area contributed by atoms with E-state index in [4.69, 9.17) is 9.84 Å². The molecular weight excluding hydrogens is 198 g/mol. The third-order valence-electron chi connectivity index (χ3n) is 2.91. The first-order valence-electron chi connectivity index (χ1n) is 4.80. The summed E-state index contributed by atoms with van der Waals surface area (Å²) < 4.78 is 5.39. The summed E-state index contributed by atoms with van der Waals surface area (Å²) in [6, 6.07) is 0. The van der Waals surface area contributed by atoms with Crippen molar-refractivity contribution in [3.05, 3.63) is 12.2 Å². The van der Waals surface area contributed by atoms with Gasteiger partial charge in [-0.05, 0) is 0 Å². The lowest BCUT2D eigenvalue weighted by atomic mass is 9.82. The molecule has 1 amide bonds. The Kier molecular flexibility index (Phi) is 2.26. The molecule has 0 radical (unpaired) electrons. The number of carboxylic acid groups (broad SMARTS) is 1. The monoisotopic (exact) mass is 211 g/mol. The second-order valence-corrected chi connectivity index (χ2v) is 4.07. The highest BCUT2D eigenvalue weighted by Crippen LogP contribution is 2.39. The van der Waals surface area contributed by atoms with Crippen molar-refractivity contribution in [1.82, 2.24) is 4.90 Å². The van der Waals surface area contributed by atoms with Crippen molar-refractivity contribution < 1.29 is 19.4 Å². The molecule has 1 saturated heterocycles. The van der Waals surface area contributed by atoms with Crippen molar-refractivity contribution in [1.29, 1.82) is 0 Å². The van der Waals surface area contributed by atoms with Crippen LogP contribution in [0.15, 0.2) is 12.2 Å². The number of carbonyl (C=O) groups is 2. The standard InChI is InChI=1S/C10H13NO4/c1-11(2)9(12)7-5-3-4-6(15-5)8(7)10(13)14/h3-8H,1-2H3,(H,13,14)/t5-,6+,7?,8?/m1/s1. The summed E-state index contributed by atoms with van der Waals surface area (Å²) in [5.41, 5.74) is 0. The van der Waals surface area contributed by atoms with Gasteiger partial charge in [-0.25, -0.2) is 0 Å². The van der Waals surface area contributed by atoms with Crippen molar-refractivity contribution >= 4 is 11.9 Å². The van der Waals surface area contributed by atoms with Gasteiger partial charge in [-0.1, -0.05) is 12.2 Å². The fourth-order valence-corrected chi connectivity index (χ4v) is 2.19. The first-order chi connectivity index (χ1) is 7.02. The van der Waals surface area contributed by atoms with E-state index in [-0.39, 0.29) is 12.0 Å². The van der Waals surface area contributed by atoms with Gasteiger partial charge in [0.15, 0.2) is 0 Å². The van der Waals surface area contributed by atoms with Crippen LogP contribution in [0.4, 0.5) is 0 Å². The van der Waals surface area contributed by atoms with Crippen molar-refractivity contribution in [2.75, 3.05) is 14.1 Å². The van der Waals surface area contributed by atoms with E-state index in [9.17, 15) is 9.59 Å². The Morgan fingerprint density at radius 3 is 2.20 bits per heavy atom. The molecule has 2 aliphatic heterocycles. The lowest BCUT2D eigenvalue weighted by Crippen LogP contribution is -2.41. The molecule has 5 nitrogen and oxygen atoms in total. The first-order valence-corrected chi connectivity index (χ1v) is 4.80. The molecule has 0 aromatic carbocycles. The molecule has 2 rings (SSSR count). The largest absolute Gasteiger partial charge is 0.481 e. The van der Waals surface area contributed by atoms with Crippen LogP contribution in [0.1, 0.15) is 0 Å². The number of hydrogen-bond donors (Lipinski definition) is 1. The molecule has 0 aliphatic carbocycles. The zero-order valence-corrected chi connectivity index (χ0v) is 8.58. The van der Waals surface area contributed by atoms with Crippen LogP contribution in [0.2, 0.25) is 0 Å². The third kappa shape index (κ3) is 1.43. The first kappa shape index (κ1) is 10.2. The molecule has 0 aromatic rings. The van der Waals surface area contributed by atoms with Gasteiger partial charge in [-0.3, -0.25) is 9.59 Å². The summed E-state index contributed by atoms with van der Waals surface area (Å²) in [5.74, 6) is -2.46. The lowest BCUT2D eigenvalue weighted by Gasteiger charge is -2.23. The van der Waals surface area contributed by atoms with Gasteiger partial charge in [0.1, 0.15) is 5.92 Å². The molecule has 1 fully saturated rings. The molecule has 1 N–H and O–H groups in total. The Morgan fingerprint density at radius 2 is 1.73 bits per heavy atom. The Morgan fingerprint density at radius 1 is 1.20 bits per heavy atom. The number of rotatable bonds is 2. The topological polar surface area (TPSA) is 66.8 Å². The van der Waals surface area contributed by atoms with Crippen molar-refractivity contribution in [3.8, 4) is 0 Å². The molecular formula is C10H13NO4. The predicted octanol–water partition coefficient (Wildman–Crippen LogP) is -0.271. The number of carbonyl (C=O) groups excluding carboxylic acids is 1. The fraction of sp³-hybridized carbons (Fsp3) is 0.600. The van der Waals surface area contributed by atoms with E-state index >= 15 is 0 Å². The van der Waals surface area contributed by atoms with Crippen molar-refractivity contribution in [3.63, 3.8) is 0 Å². The highest BCUT2D eigenvalue weighted by molar-refractivity contribution is 5.87. The van der Waals surface area contributed by atoms with E-state index < -0.39 is 23.9 Å². The maximum Gasteiger partial charge on any atom is 0.310 e. The number of carboxylic acids is 1. The summed E-state index contributed by atoms with van der Waals surface area (Å²) >= 11 is 0. The molecule has 4 atom stereocenters. The van der Waals surface area contributed by atoms with E-state index in [1.807, 2.05) is 0 Å². The number of ether oxygens (including phenoxy) is 1. The Labute approximate surface area is 87.3 Å². The second-order valence-electron chi connectivity index (χ2n) is 4.07. The van der Waals surface area contributed by atoms with Gasteiger partial charge in [-0.2, -0.15) is 0 Å². The molecule has 2 unspecified atom stereocenters. The molecule has 2 bridgehead atoms. The van der Waals surface area contributed by atoms with E-state index in [1.54, 1.807) is 26.2 Å². The van der Waals surface area contributed by atoms with Crippen molar-refractivity contribution in [2.45, 2.75) is 12.2 Å². The van der Waals surface area contributed by atoms with Crippen LogP contribution in [-0.2, 0) is 14.3 Å². The van der Waals surface area contributed by atoms with Crippen LogP contribution in [0.3, 0.4) is 0 Å². The zero-order chi connectivity index (χ0) is 11.2. The number of hydrogen-bond acceptors (Lipinski definition) is 3. The van der Waals surface area contributed by atoms with E-state index in [0.717, 1.165) is 0 Å². The maximum absolute atomic E-state index is 11.8. The minimum atomic E-state index is -0.966. The number of aliphatic carboxylic acids is 1. The minimum Gasteiger partial charge on any atom is -0.481 e. The zero-order valence-electron chi connectivity index (χ0n) is 8.58. The number of nitrogens with zero attached hydrogens (tertiary/aromatic N) is 1. The van der Waals surface area contributed by atoms with Gasteiger partial charge in [0.2, 0.25) is 5.91 Å². The lowest BCUT2D eigenvalue weighted by molar-refractivity contribution is -0.148. The van der Waals surface area contributed by atoms with E-state index in [2.05, 4.69) is 0 Å². The van der Waals surface area contributed by atoms with Gasteiger partial charge < -0.3 is 14.7 Å². The Bertz CT molecular complexity index is 336. The molecule has 82 valence electrons. The maximum atomic E-state index is 11.8. The summed E-state index contributed by atoms with van der Waals surface area (Å²) in [5, 5.41) is 9.05. The average Bonchev–Trinajstić information content (AvgIpc) is 2.74. The molecule has 2 heterocycles. The molecule has 15 heavy (non-hydrogen) atoms. The summed E-state index contributed by atoms with van der Waals surface area (Å²) in [4.78, 5) is 24.3. The summed E-state index contributed by atoms with van der Waals surface area (Å²) in [6.07, 6.45) is 2.69. The average molecular weight is 211 g/mol. The number of fused-ring (bicyclic) bond motifs is 2.